The number of ether oxygens (including phenoxy) is 2. The third-order valence-electron chi connectivity index (χ3n) is 3.29. The summed E-state index contributed by atoms with van der Waals surface area (Å²) in [6.45, 7) is 2.13. The predicted octanol–water partition coefficient (Wildman–Crippen LogP) is 3.55. The van der Waals surface area contributed by atoms with Crippen LogP contribution in [0.1, 0.15) is 30.3 Å². The van der Waals surface area contributed by atoms with Crippen LogP contribution in [0.3, 0.4) is 0 Å². The number of hydrogen-bond acceptors (Lipinski definition) is 6. The molecule has 1 aromatic carbocycles. The highest BCUT2D eigenvalue weighted by atomic mass is 32.1. The van der Waals surface area contributed by atoms with Crippen LogP contribution < -0.4 is 14.8 Å². The van der Waals surface area contributed by atoms with E-state index in [0.29, 0.717) is 16.6 Å². The standard InChI is InChI=1S/C17H21N3O3S/c1-4-5-6-16-19-20-17(24-16)18-15(21)10-7-12-11-13(22-2)8-9-14(12)23-3/h7-11H,4-6H2,1-3H3,(H,18,20,21)/b10-7+. The maximum absolute atomic E-state index is 12.0. The quantitative estimate of drug-likeness (QED) is 0.739. The Bertz CT molecular complexity index is 713. The van der Waals surface area contributed by atoms with E-state index in [9.17, 15) is 4.79 Å². The van der Waals surface area contributed by atoms with E-state index in [0.717, 1.165) is 29.8 Å². The number of unbranched alkanes of at least 4 members (excludes halogenated alkanes) is 1. The molecule has 24 heavy (non-hydrogen) atoms. The second-order valence-corrected chi connectivity index (χ2v) is 6.10. The number of rotatable bonds is 8. The monoisotopic (exact) mass is 347 g/mol. The molecule has 7 heteroatoms. The summed E-state index contributed by atoms with van der Waals surface area (Å²) in [5.41, 5.74) is 0.757. The summed E-state index contributed by atoms with van der Waals surface area (Å²) >= 11 is 1.40. The lowest BCUT2D eigenvalue weighted by Crippen LogP contribution is -2.07. The zero-order chi connectivity index (χ0) is 17.4. The lowest BCUT2D eigenvalue weighted by molar-refractivity contribution is -0.111. The molecule has 2 rings (SSSR count). The smallest absolute Gasteiger partial charge is 0.250 e. The Kier molecular flexibility index (Phi) is 6.74. The number of benzene rings is 1. The van der Waals surface area contributed by atoms with E-state index in [4.69, 9.17) is 9.47 Å². The average molecular weight is 347 g/mol. The van der Waals surface area contributed by atoms with E-state index in [2.05, 4.69) is 22.4 Å². The highest BCUT2D eigenvalue weighted by Crippen LogP contribution is 2.25. The van der Waals surface area contributed by atoms with Gasteiger partial charge in [0.25, 0.3) is 0 Å². The number of nitrogens with one attached hydrogen (secondary N) is 1. The van der Waals surface area contributed by atoms with Gasteiger partial charge in [0.2, 0.25) is 11.0 Å². The SMILES string of the molecule is CCCCc1nnc(NC(=O)/C=C/c2cc(OC)ccc2OC)s1. The molecule has 0 saturated carbocycles. The number of methoxy groups -OCH3 is 2. The van der Waals surface area contributed by atoms with Crippen LogP contribution in [0.5, 0.6) is 11.5 Å². The lowest BCUT2D eigenvalue weighted by Gasteiger charge is -2.07. The number of carbonyl (C=O) groups is 1. The lowest BCUT2D eigenvalue weighted by atomic mass is 10.1. The first kappa shape index (κ1) is 17.9. The second kappa shape index (κ2) is 9.02. The van der Waals surface area contributed by atoms with E-state index >= 15 is 0 Å². The minimum absolute atomic E-state index is 0.266. The van der Waals surface area contributed by atoms with Gasteiger partial charge in [-0.15, -0.1) is 10.2 Å². The van der Waals surface area contributed by atoms with Gasteiger partial charge >= 0.3 is 0 Å². The highest BCUT2D eigenvalue weighted by molar-refractivity contribution is 7.15. The number of carbonyl (C=O) groups excluding carboxylic acids is 1. The Morgan fingerprint density at radius 2 is 2.12 bits per heavy atom. The minimum atomic E-state index is -0.266. The van der Waals surface area contributed by atoms with Crippen LogP contribution in [0.4, 0.5) is 5.13 Å². The average Bonchev–Trinajstić information content (AvgIpc) is 3.05. The number of aromatic nitrogens is 2. The van der Waals surface area contributed by atoms with E-state index in [1.807, 2.05) is 0 Å². The highest BCUT2D eigenvalue weighted by Gasteiger charge is 2.07. The zero-order valence-electron chi connectivity index (χ0n) is 14.0. The molecule has 1 heterocycles. The van der Waals surface area contributed by atoms with Crippen molar-refractivity contribution in [1.82, 2.24) is 10.2 Å². The fourth-order valence-electron chi connectivity index (χ4n) is 2.02. The molecule has 1 aromatic heterocycles. The zero-order valence-corrected chi connectivity index (χ0v) is 14.9. The van der Waals surface area contributed by atoms with Gasteiger partial charge in [0.1, 0.15) is 16.5 Å². The largest absolute Gasteiger partial charge is 0.497 e. The number of amides is 1. The van der Waals surface area contributed by atoms with Crippen molar-refractivity contribution in [3.63, 3.8) is 0 Å². The molecule has 6 nitrogen and oxygen atoms in total. The first-order valence-electron chi connectivity index (χ1n) is 7.69. The Labute approximate surface area is 145 Å². The summed E-state index contributed by atoms with van der Waals surface area (Å²) < 4.78 is 10.5. The Morgan fingerprint density at radius 1 is 1.29 bits per heavy atom. The molecule has 0 fully saturated rings. The van der Waals surface area contributed by atoms with E-state index in [1.54, 1.807) is 38.5 Å². The van der Waals surface area contributed by atoms with E-state index in [1.165, 1.54) is 17.4 Å². The Hall–Kier alpha value is -2.41. The fraction of sp³-hybridized carbons (Fsp3) is 0.353. The molecular formula is C17H21N3O3S. The summed E-state index contributed by atoms with van der Waals surface area (Å²) in [5.74, 6) is 1.09. The van der Waals surface area contributed by atoms with Crippen LogP contribution in [-0.4, -0.2) is 30.3 Å². The molecule has 0 bridgehead atoms. The van der Waals surface area contributed by atoms with Gasteiger partial charge in [-0.2, -0.15) is 0 Å². The van der Waals surface area contributed by atoms with Gasteiger partial charge in [0, 0.05) is 18.1 Å². The minimum Gasteiger partial charge on any atom is -0.497 e. The molecule has 0 spiro atoms. The normalized spacial score (nSPS) is 10.8. The van der Waals surface area contributed by atoms with Crippen molar-refractivity contribution in [3.8, 4) is 11.5 Å². The number of aryl methyl sites for hydroxylation is 1. The van der Waals surface area contributed by atoms with Crippen LogP contribution >= 0.6 is 11.3 Å². The first-order chi connectivity index (χ1) is 11.7. The predicted molar refractivity (Wildman–Crippen MR) is 95.7 cm³/mol. The number of hydrogen-bond donors (Lipinski definition) is 1. The molecule has 1 amide bonds. The van der Waals surface area contributed by atoms with Crippen molar-refractivity contribution in [2.24, 2.45) is 0 Å². The van der Waals surface area contributed by atoms with Gasteiger partial charge in [-0.05, 0) is 30.7 Å². The van der Waals surface area contributed by atoms with Gasteiger partial charge in [0.05, 0.1) is 14.2 Å². The molecular weight excluding hydrogens is 326 g/mol. The molecule has 0 aliphatic carbocycles. The first-order valence-corrected chi connectivity index (χ1v) is 8.51. The molecule has 0 aliphatic heterocycles. The molecule has 0 atom stereocenters. The van der Waals surface area contributed by atoms with Crippen molar-refractivity contribution in [3.05, 3.63) is 34.8 Å². The molecule has 0 radical (unpaired) electrons. The van der Waals surface area contributed by atoms with Gasteiger partial charge in [0.15, 0.2) is 0 Å². The number of nitrogens with zero attached hydrogens (tertiary/aromatic N) is 2. The molecule has 128 valence electrons. The number of anilines is 1. The van der Waals surface area contributed by atoms with Crippen LogP contribution in [0.15, 0.2) is 24.3 Å². The summed E-state index contributed by atoms with van der Waals surface area (Å²) in [7, 11) is 3.17. The van der Waals surface area contributed by atoms with Crippen molar-refractivity contribution in [2.45, 2.75) is 26.2 Å². The van der Waals surface area contributed by atoms with Crippen molar-refractivity contribution < 1.29 is 14.3 Å². The Morgan fingerprint density at radius 3 is 2.83 bits per heavy atom. The van der Waals surface area contributed by atoms with Crippen LogP contribution in [0.25, 0.3) is 6.08 Å². The molecule has 0 unspecified atom stereocenters. The summed E-state index contributed by atoms with van der Waals surface area (Å²) in [6, 6.07) is 5.40. The van der Waals surface area contributed by atoms with Crippen molar-refractivity contribution in [2.75, 3.05) is 19.5 Å². The maximum atomic E-state index is 12.0. The molecule has 0 aliphatic rings. The van der Waals surface area contributed by atoms with Crippen LogP contribution in [-0.2, 0) is 11.2 Å². The van der Waals surface area contributed by atoms with Gasteiger partial charge in [-0.1, -0.05) is 24.7 Å². The van der Waals surface area contributed by atoms with Gasteiger partial charge in [-0.25, -0.2) is 0 Å². The summed E-state index contributed by atoms with van der Waals surface area (Å²) in [6.07, 6.45) is 6.17. The Balaban J connectivity index is 2.01. The van der Waals surface area contributed by atoms with Gasteiger partial charge < -0.3 is 9.47 Å². The van der Waals surface area contributed by atoms with Gasteiger partial charge in [-0.3, -0.25) is 10.1 Å². The van der Waals surface area contributed by atoms with Crippen molar-refractivity contribution >= 4 is 28.5 Å². The van der Waals surface area contributed by atoms with E-state index < -0.39 is 0 Å². The second-order valence-electron chi connectivity index (χ2n) is 5.03. The molecule has 0 saturated heterocycles. The van der Waals surface area contributed by atoms with Crippen LogP contribution in [0, 0.1) is 0 Å². The summed E-state index contributed by atoms with van der Waals surface area (Å²) in [5, 5.41) is 12.2. The van der Waals surface area contributed by atoms with E-state index in [-0.39, 0.29) is 5.91 Å². The maximum Gasteiger partial charge on any atom is 0.250 e. The molecule has 2 aromatic rings. The van der Waals surface area contributed by atoms with Crippen LogP contribution in [0.2, 0.25) is 0 Å². The third-order valence-corrected chi connectivity index (χ3v) is 4.19. The van der Waals surface area contributed by atoms with Crippen molar-refractivity contribution in [1.29, 1.82) is 0 Å². The topological polar surface area (TPSA) is 73.3 Å². The summed E-state index contributed by atoms with van der Waals surface area (Å²) in [4.78, 5) is 12.0. The third kappa shape index (κ3) is 5.06. The fourth-order valence-corrected chi connectivity index (χ4v) is 2.80. The molecule has 1 N–H and O–H groups in total.